The molecule has 6 nitrogen and oxygen atoms in total. The van der Waals surface area contributed by atoms with Gasteiger partial charge in [-0.3, -0.25) is 0 Å². The summed E-state index contributed by atoms with van der Waals surface area (Å²) < 4.78 is 21.6. The van der Waals surface area contributed by atoms with Gasteiger partial charge in [0, 0.05) is 6.42 Å². The lowest BCUT2D eigenvalue weighted by Gasteiger charge is -2.29. The first kappa shape index (κ1) is 26.6. The van der Waals surface area contributed by atoms with Crippen LogP contribution in [-0.2, 0) is 18.9 Å². The van der Waals surface area contributed by atoms with Gasteiger partial charge in [-0.1, -0.05) is 67.2 Å². The van der Waals surface area contributed by atoms with Gasteiger partial charge in [-0.2, -0.15) is 0 Å². The first-order valence-corrected chi connectivity index (χ1v) is 11.7. The van der Waals surface area contributed by atoms with Crippen LogP contribution < -0.4 is 0 Å². The van der Waals surface area contributed by atoms with Crippen molar-refractivity contribution in [3.63, 3.8) is 0 Å². The van der Waals surface area contributed by atoms with Crippen LogP contribution in [0, 0.1) is 10.8 Å². The third-order valence-electron chi connectivity index (χ3n) is 5.68. The number of unbranched alkanes of at least 4 members (excludes halogenated alkanes) is 2. The molecule has 0 amide bonds. The maximum atomic E-state index is 12.1. The highest BCUT2D eigenvalue weighted by Gasteiger charge is 2.30. The van der Waals surface area contributed by atoms with Crippen LogP contribution in [0.4, 0.5) is 9.59 Å². The molecule has 1 saturated carbocycles. The van der Waals surface area contributed by atoms with Gasteiger partial charge in [-0.15, -0.1) is 0 Å². The van der Waals surface area contributed by atoms with Crippen molar-refractivity contribution >= 4 is 12.3 Å². The van der Waals surface area contributed by atoms with E-state index in [1.165, 1.54) is 0 Å². The third kappa shape index (κ3) is 11.7. The summed E-state index contributed by atoms with van der Waals surface area (Å²) in [5.74, 6) is 0. The molecule has 0 saturated heterocycles. The van der Waals surface area contributed by atoms with E-state index in [2.05, 4.69) is 41.5 Å². The fourth-order valence-corrected chi connectivity index (χ4v) is 3.62. The van der Waals surface area contributed by atoms with Gasteiger partial charge in [0.1, 0.15) is 25.4 Å². The van der Waals surface area contributed by atoms with Crippen molar-refractivity contribution in [3.8, 4) is 0 Å². The summed E-state index contributed by atoms with van der Waals surface area (Å²) in [6, 6.07) is 0. The molecule has 176 valence electrons. The fourth-order valence-electron chi connectivity index (χ4n) is 3.62. The molecule has 0 aliphatic heterocycles. The number of ether oxygens (including phenoxy) is 4. The SMILES string of the molecule is CCCCC(C)(C)COC(=O)OC1CCCC(OC(=O)OCC(C)(C)CCCC)C1. The third-order valence-corrected chi connectivity index (χ3v) is 5.68. The normalized spacial score (nSPS) is 19.8. The van der Waals surface area contributed by atoms with Crippen LogP contribution in [0.3, 0.4) is 0 Å². The van der Waals surface area contributed by atoms with E-state index in [0.717, 1.165) is 57.8 Å². The molecule has 0 aromatic rings. The number of rotatable bonds is 12. The predicted octanol–water partition coefficient (Wildman–Crippen LogP) is 7.04. The van der Waals surface area contributed by atoms with Gasteiger partial charge < -0.3 is 18.9 Å². The number of hydrogen-bond donors (Lipinski definition) is 0. The molecule has 0 aromatic heterocycles. The zero-order valence-corrected chi connectivity index (χ0v) is 20.1. The zero-order valence-electron chi connectivity index (χ0n) is 20.1. The summed E-state index contributed by atoms with van der Waals surface area (Å²) >= 11 is 0. The summed E-state index contributed by atoms with van der Waals surface area (Å²) in [5, 5.41) is 0. The van der Waals surface area contributed by atoms with Gasteiger partial charge in [-0.05, 0) is 42.9 Å². The number of hydrogen-bond acceptors (Lipinski definition) is 6. The van der Waals surface area contributed by atoms with Crippen LogP contribution >= 0.6 is 0 Å². The van der Waals surface area contributed by atoms with Gasteiger partial charge in [0.2, 0.25) is 0 Å². The Kier molecular flexibility index (Phi) is 11.6. The second-order valence-corrected chi connectivity index (χ2v) is 10.3. The summed E-state index contributed by atoms with van der Waals surface area (Å²) in [4.78, 5) is 24.2. The van der Waals surface area contributed by atoms with Crippen molar-refractivity contribution in [2.75, 3.05) is 13.2 Å². The topological polar surface area (TPSA) is 71.1 Å². The fraction of sp³-hybridized carbons (Fsp3) is 0.917. The molecule has 1 aliphatic rings. The standard InChI is InChI=1S/C24H44O6/c1-7-9-14-23(3,4)17-27-21(25)29-19-12-11-13-20(16-19)30-22(26)28-18-24(5,6)15-10-8-2/h19-20H,7-18H2,1-6H3. The summed E-state index contributed by atoms with van der Waals surface area (Å²) in [6.45, 7) is 13.4. The minimum absolute atomic E-state index is 0.0537. The molecule has 0 heterocycles. The highest BCUT2D eigenvalue weighted by atomic mass is 16.7. The summed E-state index contributed by atoms with van der Waals surface area (Å²) in [7, 11) is 0. The molecule has 0 radical (unpaired) electrons. The molecule has 6 heteroatoms. The van der Waals surface area contributed by atoms with Crippen LogP contribution in [0.5, 0.6) is 0 Å². The Bertz CT molecular complexity index is 470. The van der Waals surface area contributed by atoms with E-state index in [0.29, 0.717) is 19.6 Å². The van der Waals surface area contributed by atoms with Gasteiger partial charge in [-0.25, -0.2) is 9.59 Å². The Labute approximate surface area is 183 Å². The maximum absolute atomic E-state index is 12.1. The zero-order chi connectivity index (χ0) is 22.6. The maximum Gasteiger partial charge on any atom is 0.508 e. The van der Waals surface area contributed by atoms with E-state index in [-0.39, 0.29) is 23.0 Å². The van der Waals surface area contributed by atoms with Crippen molar-refractivity contribution < 1.29 is 28.5 Å². The Morgan fingerprint density at radius 1 is 0.767 bits per heavy atom. The molecule has 0 bridgehead atoms. The predicted molar refractivity (Wildman–Crippen MR) is 118 cm³/mol. The van der Waals surface area contributed by atoms with E-state index < -0.39 is 12.3 Å². The lowest BCUT2D eigenvalue weighted by Crippen LogP contribution is -2.33. The monoisotopic (exact) mass is 428 g/mol. The Balaban J connectivity index is 2.34. The van der Waals surface area contributed by atoms with E-state index >= 15 is 0 Å². The van der Waals surface area contributed by atoms with Crippen molar-refractivity contribution in [2.45, 2.75) is 118 Å². The molecule has 0 aromatic carbocycles. The van der Waals surface area contributed by atoms with Crippen LogP contribution in [0.15, 0.2) is 0 Å². The van der Waals surface area contributed by atoms with Crippen molar-refractivity contribution in [2.24, 2.45) is 10.8 Å². The highest BCUT2D eigenvalue weighted by Crippen LogP contribution is 2.27. The van der Waals surface area contributed by atoms with Gasteiger partial charge in [0.15, 0.2) is 0 Å². The molecule has 1 rings (SSSR count). The molecule has 0 N–H and O–H groups in total. The van der Waals surface area contributed by atoms with Gasteiger partial charge in [0.25, 0.3) is 0 Å². The first-order chi connectivity index (χ1) is 14.1. The Morgan fingerprint density at radius 3 is 1.53 bits per heavy atom. The molecule has 2 atom stereocenters. The van der Waals surface area contributed by atoms with Gasteiger partial charge in [0.05, 0.1) is 0 Å². The highest BCUT2D eigenvalue weighted by molar-refractivity contribution is 5.60. The van der Waals surface area contributed by atoms with Crippen molar-refractivity contribution in [1.82, 2.24) is 0 Å². The van der Waals surface area contributed by atoms with Crippen LogP contribution in [0.2, 0.25) is 0 Å². The largest absolute Gasteiger partial charge is 0.508 e. The van der Waals surface area contributed by atoms with E-state index in [1.54, 1.807) is 0 Å². The van der Waals surface area contributed by atoms with E-state index in [4.69, 9.17) is 18.9 Å². The second-order valence-electron chi connectivity index (χ2n) is 10.3. The molecular weight excluding hydrogens is 384 g/mol. The van der Waals surface area contributed by atoms with E-state index in [1.807, 2.05) is 0 Å². The van der Waals surface area contributed by atoms with Crippen LogP contribution in [0.1, 0.15) is 106 Å². The second kappa shape index (κ2) is 13.1. The van der Waals surface area contributed by atoms with Crippen molar-refractivity contribution in [3.05, 3.63) is 0 Å². The minimum Gasteiger partial charge on any atom is -0.434 e. The number of carbonyl (C=O) groups excluding carboxylic acids is 2. The van der Waals surface area contributed by atoms with Gasteiger partial charge >= 0.3 is 12.3 Å². The molecule has 30 heavy (non-hydrogen) atoms. The summed E-state index contributed by atoms with van der Waals surface area (Å²) in [6.07, 6.45) is 7.47. The molecule has 1 fully saturated rings. The average molecular weight is 429 g/mol. The molecule has 2 unspecified atom stereocenters. The van der Waals surface area contributed by atoms with E-state index in [9.17, 15) is 9.59 Å². The Morgan fingerprint density at radius 2 is 1.17 bits per heavy atom. The van der Waals surface area contributed by atoms with Crippen LogP contribution in [0.25, 0.3) is 0 Å². The molecular formula is C24H44O6. The average Bonchev–Trinajstić information content (AvgIpc) is 2.68. The smallest absolute Gasteiger partial charge is 0.434 e. The minimum atomic E-state index is -0.634. The van der Waals surface area contributed by atoms with Crippen LogP contribution in [-0.4, -0.2) is 37.7 Å². The Hall–Kier alpha value is -1.46. The lowest BCUT2D eigenvalue weighted by atomic mass is 9.88. The quantitative estimate of drug-likeness (QED) is 0.311. The lowest BCUT2D eigenvalue weighted by molar-refractivity contribution is -0.0455. The molecule has 0 spiro atoms. The molecule has 1 aliphatic carbocycles. The number of carbonyl (C=O) groups is 2. The first-order valence-electron chi connectivity index (χ1n) is 11.7. The summed E-state index contributed by atoms with van der Waals surface area (Å²) in [5.41, 5.74) is -0.107. The van der Waals surface area contributed by atoms with Crippen molar-refractivity contribution in [1.29, 1.82) is 0 Å².